The van der Waals surface area contributed by atoms with E-state index in [-0.39, 0.29) is 0 Å². The van der Waals surface area contributed by atoms with Gasteiger partial charge in [-0.1, -0.05) is 6.92 Å². The van der Waals surface area contributed by atoms with Gasteiger partial charge in [-0.25, -0.2) is 0 Å². The number of rotatable bonds is 3. The first-order valence-corrected chi connectivity index (χ1v) is 5.38. The lowest BCUT2D eigenvalue weighted by atomic mass is 10.2. The van der Waals surface area contributed by atoms with Gasteiger partial charge in [-0.15, -0.1) is 11.3 Å². The predicted octanol–water partition coefficient (Wildman–Crippen LogP) is 3.18. The second-order valence-corrected chi connectivity index (χ2v) is 4.75. The molecule has 0 aromatic carbocycles. The third kappa shape index (κ3) is 2.58. The van der Waals surface area contributed by atoms with Crippen molar-refractivity contribution in [2.75, 3.05) is 6.54 Å². The van der Waals surface area contributed by atoms with Crippen LogP contribution in [0, 0.1) is 0 Å². The monoisotopic (exact) mass is 233 g/mol. The summed E-state index contributed by atoms with van der Waals surface area (Å²) in [4.78, 5) is 0. The molecule has 0 saturated heterocycles. The van der Waals surface area contributed by atoms with E-state index in [1.165, 1.54) is 9.35 Å². The minimum absolute atomic E-state index is 0.475. The number of hydrogen-bond donors (Lipinski definition) is 1. The SMILES string of the molecule is CCNC(C)c1csc(Br)c1. The van der Waals surface area contributed by atoms with Crippen molar-refractivity contribution in [3.8, 4) is 0 Å². The molecule has 0 aliphatic heterocycles. The van der Waals surface area contributed by atoms with Crippen LogP contribution < -0.4 is 5.32 Å². The molecule has 1 rings (SSSR count). The molecule has 0 aliphatic carbocycles. The maximum absolute atomic E-state index is 3.44. The summed E-state index contributed by atoms with van der Waals surface area (Å²) >= 11 is 5.18. The van der Waals surface area contributed by atoms with Crippen LogP contribution in [0.3, 0.4) is 0 Å². The second kappa shape index (κ2) is 4.24. The smallest absolute Gasteiger partial charge is 0.0701 e. The van der Waals surface area contributed by atoms with E-state index >= 15 is 0 Å². The third-order valence-corrected chi connectivity index (χ3v) is 3.12. The van der Waals surface area contributed by atoms with Crippen LogP contribution in [0.4, 0.5) is 0 Å². The lowest BCUT2D eigenvalue weighted by Crippen LogP contribution is -2.16. The normalized spacial score (nSPS) is 13.4. The highest BCUT2D eigenvalue weighted by atomic mass is 79.9. The summed E-state index contributed by atoms with van der Waals surface area (Å²) in [6, 6.07) is 2.64. The van der Waals surface area contributed by atoms with E-state index < -0.39 is 0 Å². The molecule has 0 saturated carbocycles. The first kappa shape index (κ1) is 9.23. The van der Waals surface area contributed by atoms with E-state index in [0.717, 1.165) is 6.54 Å². The maximum atomic E-state index is 3.44. The molecular weight excluding hydrogens is 222 g/mol. The van der Waals surface area contributed by atoms with Crippen LogP contribution in [0.25, 0.3) is 0 Å². The average Bonchev–Trinajstić information content (AvgIpc) is 2.36. The van der Waals surface area contributed by atoms with E-state index in [0.29, 0.717) is 6.04 Å². The van der Waals surface area contributed by atoms with Gasteiger partial charge < -0.3 is 5.32 Å². The Bertz CT molecular complexity index is 222. The van der Waals surface area contributed by atoms with Crippen LogP contribution in [0.2, 0.25) is 0 Å². The maximum Gasteiger partial charge on any atom is 0.0701 e. The Morgan fingerprint density at radius 1 is 1.73 bits per heavy atom. The van der Waals surface area contributed by atoms with Crippen LogP contribution in [0.15, 0.2) is 15.2 Å². The van der Waals surface area contributed by atoms with Crippen LogP contribution >= 0.6 is 27.3 Å². The average molecular weight is 234 g/mol. The minimum atomic E-state index is 0.475. The molecule has 1 N–H and O–H groups in total. The zero-order chi connectivity index (χ0) is 8.27. The Kier molecular flexibility index (Phi) is 3.55. The molecular formula is C8H12BrNS. The molecule has 62 valence electrons. The van der Waals surface area contributed by atoms with Gasteiger partial charge >= 0.3 is 0 Å². The summed E-state index contributed by atoms with van der Waals surface area (Å²) in [6.07, 6.45) is 0. The van der Waals surface area contributed by atoms with Gasteiger partial charge in [0.25, 0.3) is 0 Å². The van der Waals surface area contributed by atoms with E-state index in [9.17, 15) is 0 Å². The van der Waals surface area contributed by atoms with Crippen molar-refractivity contribution in [3.63, 3.8) is 0 Å². The number of thiophene rings is 1. The molecule has 0 bridgehead atoms. The Balaban J connectivity index is 2.60. The fourth-order valence-electron chi connectivity index (χ4n) is 0.975. The van der Waals surface area contributed by atoms with Crippen molar-refractivity contribution in [1.82, 2.24) is 5.32 Å². The summed E-state index contributed by atoms with van der Waals surface area (Å²) in [5.74, 6) is 0. The van der Waals surface area contributed by atoms with E-state index in [1.54, 1.807) is 11.3 Å². The van der Waals surface area contributed by atoms with E-state index in [1.807, 2.05) is 0 Å². The van der Waals surface area contributed by atoms with Crippen molar-refractivity contribution in [2.45, 2.75) is 19.9 Å². The van der Waals surface area contributed by atoms with Crippen molar-refractivity contribution < 1.29 is 0 Å². The van der Waals surface area contributed by atoms with Gasteiger partial charge in [0.05, 0.1) is 3.79 Å². The summed E-state index contributed by atoms with van der Waals surface area (Å²) in [7, 11) is 0. The van der Waals surface area contributed by atoms with E-state index in [2.05, 4.69) is 46.5 Å². The summed E-state index contributed by atoms with van der Waals surface area (Å²) < 4.78 is 1.21. The molecule has 0 radical (unpaired) electrons. The summed E-state index contributed by atoms with van der Waals surface area (Å²) in [6.45, 7) is 5.32. The standard InChI is InChI=1S/C8H12BrNS/c1-3-10-6(2)7-4-8(9)11-5-7/h4-6,10H,3H2,1-2H3. The molecule has 0 aliphatic rings. The summed E-state index contributed by atoms with van der Waals surface area (Å²) in [5.41, 5.74) is 1.36. The van der Waals surface area contributed by atoms with Crippen LogP contribution in [0.5, 0.6) is 0 Å². The lowest BCUT2D eigenvalue weighted by Gasteiger charge is -2.08. The van der Waals surface area contributed by atoms with Crippen molar-refractivity contribution in [2.24, 2.45) is 0 Å². The zero-order valence-corrected chi connectivity index (χ0v) is 9.13. The minimum Gasteiger partial charge on any atom is -0.310 e. The molecule has 1 atom stereocenters. The Morgan fingerprint density at radius 3 is 2.91 bits per heavy atom. The van der Waals surface area contributed by atoms with E-state index in [4.69, 9.17) is 0 Å². The number of halogens is 1. The van der Waals surface area contributed by atoms with Crippen molar-refractivity contribution >= 4 is 27.3 Å². The molecule has 3 heteroatoms. The molecule has 1 aromatic heterocycles. The van der Waals surface area contributed by atoms with Crippen LogP contribution in [-0.4, -0.2) is 6.54 Å². The Hall–Kier alpha value is 0.140. The van der Waals surface area contributed by atoms with Crippen molar-refractivity contribution in [1.29, 1.82) is 0 Å². The van der Waals surface area contributed by atoms with Gasteiger partial charge in [-0.2, -0.15) is 0 Å². The van der Waals surface area contributed by atoms with Gasteiger partial charge in [0.2, 0.25) is 0 Å². The second-order valence-electron chi connectivity index (χ2n) is 2.46. The molecule has 0 fully saturated rings. The van der Waals surface area contributed by atoms with Gasteiger partial charge in [0.1, 0.15) is 0 Å². The quantitative estimate of drug-likeness (QED) is 0.846. The molecule has 1 unspecified atom stereocenters. The molecule has 11 heavy (non-hydrogen) atoms. The highest BCUT2D eigenvalue weighted by Gasteiger charge is 2.04. The first-order valence-electron chi connectivity index (χ1n) is 3.71. The summed E-state index contributed by atoms with van der Waals surface area (Å²) in [5, 5.41) is 5.54. The third-order valence-electron chi connectivity index (χ3n) is 1.60. The van der Waals surface area contributed by atoms with Crippen LogP contribution in [-0.2, 0) is 0 Å². The highest BCUT2D eigenvalue weighted by Crippen LogP contribution is 2.24. The Morgan fingerprint density at radius 2 is 2.45 bits per heavy atom. The molecule has 1 nitrogen and oxygen atoms in total. The fourth-order valence-corrected chi connectivity index (χ4v) is 2.24. The highest BCUT2D eigenvalue weighted by molar-refractivity contribution is 9.11. The van der Waals surface area contributed by atoms with Gasteiger partial charge in [-0.3, -0.25) is 0 Å². The largest absolute Gasteiger partial charge is 0.310 e. The van der Waals surface area contributed by atoms with Crippen molar-refractivity contribution in [3.05, 3.63) is 20.8 Å². The topological polar surface area (TPSA) is 12.0 Å². The predicted molar refractivity (Wildman–Crippen MR) is 54.1 cm³/mol. The molecule has 0 amide bonds. The van der Waals surface area contributed by atoms with Crippen LogP contribution in [0.1, 0.15) is 25.5 Å². The molecule has 0 spiro atoms. The zero-order valence-electron chi connectivity index (χ0n) is 6.73. The van der Waals surface area contributed by atoms with Gasteiger partial charge in [0, 0.05) is 6.04 Å². The molecule has 1 heterocycles. The van der Waals surface area contributed by atoms with Gasteiger partial charge in [-0.05, 0) is 46.4 Å². The molecule has 1 aromatic rings. The lowest BCUT2D eigenvalue weighted by molar-refractivity contribution is 0.600. The number of nitrogens with one attached hydrogen (secondary N) is 1. The number of hydrogen-bond acceptors (Lipinski definition) is 2. The van der Waals surface area contributed by atoms with Gasteiger partial charge in [0.15, 0.2) is 0 Å². The first-order chi connectivity index (χ1) is 5.24. The Labute approximate surface area is 79.9 Å². The fraction of sp³-hybridized carbons (Fsp3) is 0.500.